The maximum Gasteiger partial charge on any atom is 0.152 e. The lowest BCUT2D eigenvalue weighted by Gasteiger charge is -2.13. The molecule has 0 aliphatic carbocycles. The molecule has 21 heavy (non-hydrogen) atoms. The second-order valence-corrected chi connectivity index (χ2v) is 6.73. The van der Waals surface area contributed by atoms with E-state index in [9.17, 15) is 0 Å². The molecule has 0 amide bonds. The van der Waals surface area contributed by atoms with E-state index in [0.29, 0.717) is 16.5 Å². The second kappa shape index (κ2) is 5.20. The number of halogens is 1. The summed E-state index contributed by atoms with van der Waals surface area (Å²) in [6, 6.07) is 7.56. The molecule has 3 rings (SSSR count). The molecule has 0 bridgehead atoms. The van der Waals surface area contributed by atoms with Crippen LogP contribution in [0.4, 0.5) is 5.69 Å². The van der Waals surface area contributed by atoms with Crippen LogP contribution in [0.25, 0.3) is 10.2 Å². The number of hydrogen-bond donors (Lipinski definition) is 1. The standard InChI is InChI=1S/C16H15ClN2OS/c1-8-4-11(17)5-9(2)16(8)20-14-7-13-15(6-12(14)18)21-10(3)19-13/h4-7H,18H2,1-3H3. The first-order valence-corrected chi connectivity index (χ1v) is 7.75. The fourth-order valence-corrected chi connectivity index (χ4v) is 3.53. The summed E-state index contributed by atoms with van der Waals surface area (Å²) in [6.07, 6.45) is 0. The van der Waals surface area contributed by atoms with Gasteiger partial charge in [-0.05, 0) is 50.1 Å². The number of nitrogen functional groups attached to an aromatic ring is 1. The summed E-state index contributed by atoms with van der Waals surface area (Å²) in [5.41, 5.74) is 9.58. The van der Waals surface area contributed by atoms with E-state index >= 15 is 0 Å². The Balaban J connectivity index is 2.07. The maximum absolute atomic E-state index is 6.10. The van der Waals surface area contributed by atoms with Gasteiger partial charge in [-0.1, -0.05) is 11.6 Å². The van der Waals surface area contributed by atoms with Crippen molar-refractivity contribution in [3.05, 3.63) is 45.4 Å². The van der Waals surface area contributed by atoms with Crippen LogP contribution in [0.15, 0.2) is 24.3 Å². The molecule has 0 saturated heterocycles. The molecule has 0 saturated carbocycles. The zero-order chi connectivity index (χ0) is 15.1. The van der Waals surface area contributed by atoms with Crippen molar-refractivity contribution in [2.24, 2.45) is 0 Å². The summed E-state index contributed by atoms with van der Waals surface area (Å²) in [7, 11) is 0. The summed E-state index contributed by atoms with van der Waals surface area (Å²) in [5, 5.41) is 1.72. The van der Waals surface area contributed by atoms with Crippen LogP contribution in [0.2, 0.25) is 5.02 Å². The van der Waals surface area contributed by atoms with Gasteiger partial charge in [0.25, 0.3) is 0 Å². The highest BCUT2D eigenvalue weighted by Crippen LogP contribution is 2.37. The number of fused-ring (bicyclic) bond motifs is 1. The molecule has 3 nitrogen and oxygen atoms in total. The molecule has 0 aliphatic heterocycles. The fourth-order valence-electron chi connectivity index (χ4n) is 2.34. The van der Waals surface area contributed by atoms with E-state index in [1.54, 1.807) is 11.3 Å². The monoisotopic (exact) mass is 318 g/mol. The first-order chi connectivity index (χ1) is 9.94. The number of anilines is 1. The topological polar surface area (TPSA) is 48.1 Å². The van der Waals surface area contributed by atoms with E-state index in [1.807, 2.05) is 45.0 Å². The van der Waals surface area contributed by atoms with Crippen LogP contribution in [0.1, 0.15) is 16.1 Å². The molecule has 2 N–H and O–H groups in total. The zero-order valence-corrected chi connectivity index (χ0v) is 13.6. The number of thiazole rings is 1. The quantitative estimate of drug-likeness (QED) is 0.656. The van der Waals surface area contributed by atoms with Gasteiger partial charge in [-0.3, -0.25) is 0 Å². The molecule has 0 unspecified atom stereocenters. The van der Waals surface area contributed by atoms with Crippen LogP contribution in [-0.2, 0) is 0 Å². The van der Waals surface area contributed by atoms with Crippen molar-refractivity contribution in [3.8, 4) is 11.5 Å². The Morgan fingerprint density at radius 3 is 2.43 bits per heavy atom. The minimum atomic E-state index is 0.611. The van der Waals surface area contributed by atoms with Crippen LogP contribution >= 0.6 is 22.9 Å². The Morgan fingerprint density at radius 2 is 1.76 bits per heavy atom. The number of aromatic nitrogens is 1. The molecule has 0 aliphatic rings. The van der Waals surface area contributed by atoms with Gasteiger partial charge in [-0.15, -0.1) is 11.3 Å². The molecule has 2 aromatic carbocycles. The molecule has 5 heteroatoms. The minimum absolute atomic E-state index is 0.611. The highest BCUT2D eigenvalue weighted by molar-refractivity contribution is 7.18. The summed E-state index contributed by atoms with van der Waals surface area (Å²) >= 11 is 7.67. The van der Waals surface area contributed by atoms with Crippen molar-refractivity contribution in [2.75, 3.05) is 5.73 Å². The third-order valence-electron chi connectivity index (χ3n) is 3.26. The zero-order valence-electron chi connectivity index (χ0n) is 12.0. The van der Waals surface area contributed by atoms with E-state index in [0.717, 1.165) is 32.1 Å². The minimum Gasteiger partial charge on any atom is -0.455 e. The van der Waals surface area contributed by atoms with Gasteiger partial charge in [-0.2, -0.15) is 0 Å². The Labute approximate surface area is 132 Å². The van der Waals surface area contributed by atoms with Crippen molar-refractivity contribution >= 4 is 38.8 Å². The summed E-state index contributed by atoms with van der Waals surface area (Å²) in [4.78, 5) is 4.48. The number of benzene rings is 2. The van der Waals surface area contributed by atoms with Crippen LogP contribution < -0.4 is 10.5 Å². The summed E-state index contributed by atoms with van der Waals surface area (Å²) < 4.78 is 7.10. The van der Waals surface area contributed by atoms with Gasteiger partial charge in [0.05, 0.1) is 20.9 Å². The lowest BCUT2D eigenvalue weighted by Crippen LogP contribution is -1.95. The third kappa shape index (κ3) is 2.69. The highest BCUT2D eigenvalue weighted by Gasteiger charge is 2.12. The van der Waals surface area contributed by atoms with Crippen molar-refractivity contribution in [1.29, 1.82) is 0 Å². The van der Waals surface area contributed by atoms with Crippen LogP contribution in [0, 0.1) is 20.8 Å². The van der Waals surface area contributed by atoms with E-state index in [1.165, 1.54) is 0 Å². The van der Waals surface area contributed by atoms with Crippen molar-refractivity contribution in [1.82, 2.24) is 4.98 Å². The normalized spacial score (nSPS) is 11.0. The number of aryl methyl sites for hydroxylation is 3. The molecule has 108 valence electrons. The smallest absolute Gasteiger partial charge is 0.152 e. The number of nitrogens with zero attached hydrogens (tertiary/aromatic N) is 1. The predicted molar refractivity (Wildman–Crippen MR) is 89.8 cm³/mol. The van der Waals surface area contributed by atoms with Gasteiger partial charge in [0.15, 0.2) is 5.75 Å². The lowest BCUT2D eigenvalue weighted by molar-refractivity contribution is 0.478. The van der Waals surface area contributed by atoms with E-state index < -0.39 is 0 Å². The number of hydrogen-bond acceptors (Lipinski definition) is 4. The largest absolute Gasteiger partial charge is 0.455 e. The lowest BCUT2D eigenvalue weighted by atomic mass is 10.1. The van der Waals surface area contributed by atoms with Crippen molar-refractivity contribution in [2.45, 2.75) is 20.8 Å². The first kappa shape index (κ1) is 14.2. The molecular weight excluding hydrogens is 304 g/mol. The number of ether oxygens (including phenoxy) is 1. The van der Waals surface area contributed by atoms with Gasteiger partial charge in [0.2, 0.25) is 0 Å². The molecule has 0 radical (unpaired) electrons. The van der Waals surface area contributed by atoms with Crippen LogP contribution in [0.3, 0.4) is 0 Å². The predicted octanol–water partition coefficient (Wildman–Crippen LogP) is 5.25. The Hall–Kier alpha value is -1.78. The van der Waals surface area contributed by atoms with E-state index in [2.05, 4.69) is 4.98 Å². The molecular formula is C16H15ClN2OS. The summed E-state index contributed by atoms with van der Waals surface area (Å²) in [5.74, 6) is 1.42. The van der Waals surface area contributed by atoms with Crippen LogP contribution in [-0.4, -0.2) is 4.98 Å². The van der Waals surface area contributed by atoms with Gasteiger partial charge in [-0.25, -0.2) is 4.98 Å². The van der Waals surface area contributed by atoms with Crippen molar-refractivity contribution < 1.29 is 4.74 Å². The van der Waals surface area contributed by atoms with E-state index in [4.69, 9.17) is 22.1 Å². The Bertz CT molecular complexity index is 819. The number of nitrogens with two attached hydrogens (primary N) is 1. The summed E-state index contributed by atoms with van der Waals surface area (Å²) in [6.45, 7) is 5.92. The highest BCUT2D eigenvalue weighted by atomic mass is 35.5. The molecule has 1 aromatic heterocycles. The SMILES string of the molecule is Cc1nc2cc(Oc3c(C)cc(Cl)cc3C)c(N)cc2s1. The Morgan fingerprint density at radius 1 is 1.10 bits per heavy atom. The van der Waals surface area contributed by atoms with Gasteiger partial charge >= 0.3 is 0 Å². The maximum atomic E-state index is 6.10. The molecule has 0 spiro atoms. The number of rotatable bonds is 2. The molecule has 0 atom stereocenters. The molecule has 3 aromatic rings. The average molecular weight is 319 g/mol. The fraction of sp³-hybridized carbons (Fsp3) is 0.188. The van der Waals surface area contributed by atoms with Gasteiger partial charge in [0.1, 0.15) is 5.75 Å². The molecule has 0 fully saturated rings. The van der Waals surface area contributed by atoms with E-state index in [-0.39, 0.29) is 0 Å². The van der Waals surface area contributed by atoms with Gasteiger partial charge in [0, 0.05) is 11.1 Å². The average Bonchev–Trinajstić information content (AvgIpc) is 2.72. The van der Waals surface area contributed by atoms with Gasteiger partial charge < -0.3 is 10.5 Å². The molecule has 1 heterocycles. The third-order valence-corrected chi connectivity index (χ3v) is 4.42. The second-order valence-electron chi connectivity index (χ2n) is 5.06. The first-order valence-electron chi connectivity index (χ1n) is 6.55. The Kier molecular flexibility index (Phi) is 3.51. The van der Waals surface area contributed by atoms with Crippen molar-refractivity contribution in [3.63, 3.8) is 0 Å². The van der Waals surface area contributed by atoms with Crippen LogP contribution in [0.5, 0.6) is 11.5 Å².